The summed E-state index contributed by atoms with van der Waals surface area (Å²) in [6.45, 7) is 1.99. The monoisotopic (exact) mass is 379 g/mol. The standard InChI is InChI=1S/C21H18BrNO/c1-15(23-21(24)19-9-5-6-10-20(19)22)16-11-13-18(14-12-16)17-7-3-2-4-8-17/h2-15H,1H3,(H,23,24). The molecule has 0 saturated carbocycles. The highest BCUT2D eigenvalue weighted by atomic mass is 79.9. The molecule has 0 heterocycles. The van der Waals surface area contributed by atoms with Crippen LogP contribution >= 0.6 is 15.9 Å². The van der Waals surface area contributed by atoms with Crippen molar-refractivity contribution in [2.75, 3.05) is 0 Å². The fraction of sp³-hybridized carbons (Fsp3) is 0.0952. The summed E-state index contributed by atoms with van der Waals surface area (Å²) in [5.41, 5.74) is 4.08. The van der Waals surface area contributed by atoms with Crippen molar-refractivity contribution in [1.82, 2.24) is 5.32 Å². The molecule has 3 rings (SSSR count). The molecule has 0 bridgehead atoms. The van der Waals surface area contributed by atoms with Crippen LogP contribution in [-0.2, 0) is 0 Å². The van der Waals surface area contributed by atoms with Crippen LogP contribution in [0.4, 0.5) is 0 Å². The van der Waals surface area contributed by atoms with E-state index in [1.54, 1.807) is 0 Å². The van der Waals surface area contributed by atoms with Crippen molar-refractivity contribution in [3.05, 3.63) is 94.5 Å². The molecular formula is C21H18BrNO. The smallest absolute Gasteiger partial charge is 0.252 e. The maximum Gasteiger partial charge on any atom is 0.252 e. The highest BCUT2D eigenvalue weighted by molar-refractivity contribution is 9.10. The largest absolute Gasteiger partial charge is 0.345 e. The minimum Gasteiger partial charge on any atom is -0.345 e. The van der Waals surface area contributed by atoms with Gasteiger partial charge in [0.25, 0.3) is 5.91 Å². The molecule has 0 aliphatic heterocycles. The van der Waals surface area contributed by atoms with Crippen LogP contribution in [-0.4, -0.2) is 5.91 Å². The Labute approximate surface area is 150 Å². The summed E-state index contributed by atoms with van der Waals surface area (Å²) in [6, 6.07) is 25.9. The number of carbonyl (C=O) groups is 1. The van der Waals surface area contributed by atoms with E-state index in [-0.39, 0.29) is 11.9 Å². The molecule has 0 saturated heterocycles. The number of benzene rings is 3. The molecule has 2 nitrogen and oxygen atoms in total. The minimum atomic E-state index is -0.0814. The Morgan fingerprint density at radius 3 is 2.08 bits per heavy atom. The Kier molecular flexibility index (Phi) is 5.11. The summed E-state index contributed by atoms with van der Waals surface area (Å²) in [4.78, 5) is 12.4. The van der Waals surface area contributed by atoms with Crippen LogP contribution in [0, 0.1) is 0 Å². The molecule has 3 aromatic carbocycles. The predicted molar refractivity (Wildman–Crippen MR) is 102 cm³/mol. The Morgan fingerprint density at radius 2 is 1.42 bits per heavy atom. The summed E-state index contributed by atoms with van der Waals surface area (Å²) in [7, 11) is 0. The number of hydrogen-bond donors (Lipinski definition) is 1. The zero-order valence-corrected chi connectivity index (χ0v) is 15.0. The molecule has 0 spiro atoms. The van der Waals surface area contributed by atoms with Gasteiger partial charge >= 0.3 is 0 Å². The Hall–Kier alpha value is -2.39. The van der Waals surface area contributed by atoms with Gasteiger partial charge in [-0.2, -0.15) is 0 Å². The number of nitrogens with one attached hydrogen (secondary N) is 1. The quantitative estimate of drug-likeness (QED) is 0.627. The first-order valence-corrected chi connectivity index (χ1v) is 8.65. The Balaban J connectivity index is 1.73. The fourth-order valence-corrected chi connectivity index (χ4v) is 3.06. The van der Waals surface area contributed by atoms with E-state index in [9.17, 15) is 4.79 Å². The SMILES string of the molecule is CC(NC(=O)c1ccccc1Br)c1ccc(-c2ccccc2)cc1. The average molecular weight is 380 g/mol. The van der Waals surface area contributed by atoms with Gasteiger partial charge in [-0.25, -0.2) is 0 Å². The number of amides is 1. The topological polar surface area (TPSA) is 29.1 Å². The molecule has 0 radical (unpaired) electrons. The van der Waals surface area contributed by atoms with Crippen molar-refractivity contribution < 1.29 is 4.79 Å². The first-order chi connectivity index (χ1) is 11.6. The summed E-state index contributed by atoms with van der Waals surface area (Å²) < 4.78 is 0.800. The molecule has 1 unspecified atom stereocenters. The van der Waals surface area contributed by atoms with Crippen LogP contribution in [0.5, 0.6) is 0 Å². The zero-order chi connectivity index (χ0) is 16.9. The van der Waals surface area contributed by atoms with Gasteiger partial charge in [0.2, 0.25) is 0 Å². The third-order valence-corrected chi connectivity index (χ3v) is 4.68. The summed E-state index contributed by atoms with van der Waals surface area (Å²) in [5, 5.41) is 3.04. The van der Waals surface area contributed by atoms with Gasteiger partial charge in [0.05, 0.1) is 11.6 Å². The lowest BCUT2D eigenvalue weighted by molar-refractivity contribution is 0.0939. The van der Waals surface area contributed by atoms with Crippen LogP contribution in [0.1, 0.15) is 28.9 Å². The van der Waals surface area contributed by atoms with Crippen molar-refractivity contribution >= 4 is 21.8 Å². The zero-order valence-electron chi connectivity index (χ0n) is 13.4. The van der Waals surface area contributed by atoms with Crippen molar-refractivity contribution in [3.8, 4) is 11.1 Å². The normalized spacial score (nSPS) is 11.8. The van der Waals surface area contributed by atoms with E-state index in [2.05, 4.69) is 57.6 Å². The van der Waals surface area contributed by atoms with Crippen LogP contribution < -0.4 is 5.32 Å². The molecule has 1 amide bonds. The van der Waals surface area contributed by atoms with Crippen LogP contribution in [0.25, 0.3) is 11.1 Å². The molecule has 120 valence electrons. The number of carbonyl (C=O) groups excluding carboxylic acids is 1. The third-order valence-electron chi connectivity index (χ3n) is 3.98. The minimum absolute atomic E-state index is 0.0607. The van der Waals surface area contributed by atoms with Gasteiger partial charge < -0.3 is 5.32 Å². The van der Waals surface area contributed by atoms with Crippen molar-refractivity contribution in [2.24, 2.45) is 0 Å². The summed E-state index contributed by atoms with van der Waals surface area (Å²) >= 11 is 3.42. The van der Waals surface area contributed by atoms with E-state index in [1.807, 2.05) is 49.4 Å². The fourth-order valence-electron chi connectivity index (χ4n) is 2.60. The lowest BCUT2D eigenvalue weighted by Gasteiger charge is -2.15. The number of rotatable bonds is 4. The second-order valence-electron chi connectivity index (χ2n) is 5.66. The van der Waals surface area contributed by atoms with Gasteiger partial charge in [-0.15, -0.1) is 0 Å². The molecule has 24 heavy (non-hydrogen) atoms. The Morgan fingerprint density at radius 1 is 0.833 bits per heavy atom. The summed E-state index contributed by atoms with van der Waals surface area (Å²) in [6.07, 6.45) is 0. The van der Waals surface area contributed by atoms with Crippen molar-refractivity contribution in [1.29, 1.82) is 0 Å². The second-order valence-corrected chi connectivity index (χ2v) is 6.52. The number of halogens is 1. The third kappa shape index (κ3) is 3.74. The van der Waals surface area contributed by atoms with Gasteiger partial charge in [0.1, 0.15) is 0 Å². The van der Waals surface area contributed by atoms with Gasteiger partial charge in [-0.05, 0) is 51.7 Å². The molecule has 3 aromatic rings. The molecular weight excluding hydrogens is 362 g/mol. The molecule has 1 N–H and O–H groups in total. The summed E-state index contributed by atoms with van der Waals surface area (Å²) in [5.74, 6) is -0.0814. The van der Waals surface area contributed by atoms with Gasteiger partial charge in [-0.1, -0.05) is 66.7 Å². The van der Waals surface area contributed by atoms with Crippen LogP contribution in [0.3, 0.4) is 0 Å². The average Bonchev–Trinajstić information content (AvgIpc) is 2.63. The molecule has 0 aromatic heterocycles. The van der Waals surface area contributed by atoms with Crippen LogP contribution in [0.15, 0.2) is 83.3 Å². The van der Waals surface area contributed by atoms with Gasteiger partial charge in [0.15, 0.2) is 0 Å². The molecule has 1 atom stereocenters. The highest BCUT2D eigenvalue weighted by Crippen LogP contribution is 2.22. The van der Waals surface area contributed by atoms with Gasteiger partial charge in [-0.3, -0.25) is 4.79 Å². The van der Waals surface area contributed by atoms with E-state index in [0.29, 0.717) is 5.56 Å². The predicted octanol–water partition coefficient (Wildman–Crippen LogP) is 5.61. The molecule has 0 fully saturated rings. The Bertz CT molecular complexity index is 828. The lowest BCUT2D eigenvalue weighted by atomic mass is 10.0. The molecule has 3 heteroatoms. The lowest BCUT2D eigenvalue weighted by Crippen LogP contribution is -2.26. The van der Waals surface area contributed by atoms with E-state index < -0.39 is 0 Å². The highest BCUT2D eigenvalue weighted by Gasteiger charge is 2.13. The van der Waals surface area contributed by atoms with E-state index in [1.165, 1.54) is 11.1 Å². The van der Waals surface area contributed by atoms with E-state index in [4.69, 9.17) is 0 Å². The van der Waals surface area contributed by atoms with E-state index in [0.717, 1.165) is 10.0 Å². The van der Waals surface area contributed by atoms with Crippen molar-refractivity contribution in [3.63, 3.8) is 0 Å². The molecule has 0 aliphatic rings. The van der Waals surface area contributed by atoms with Crippen molar-refractivity contribution in [2.45, 2.75) is 13.0 Å². The maximum absolute atomic E-state index is 12.4. The van der Waals surface area contributed by atoms with E-state index >= 15 is 0 Å². The first kappa shape index (κ1) is 16.5. The second kappa shape index (κ2) is 7.45. The first-order valence-electron chi connectivity index (χ1n) is 7.86. The maximum atomic E-state index is 12.4. The van der Waals surface area contributed by atoms with Gasteiger partial charge in [0, 0.05) is 4.47 Å². The molecule has 0 aliphatic carbocycles. The van der Waals surface area contributed by atoms with Crippen LogP contribution in [0.2, 0.25) is 0 Å². The number of hydrogen-bond acceptors (Lipinski definition) is 1.